The highest BCUT2D eigenvalue weighted by Gasteiger charge is 2.81. The van der Waals surface area contributed by atoms with E-state index in [0.717, 1.165) is 6.92 Å². The molecule has 0 saturated carbocycles. The first kappa shape index (κ1) is 29.3. The Bertz CT molecular complexity index is 897. The number of carbonyl (C=O) groups is 7. The largest absolute Gasteiger partial charge is 0.382 e. The number of aliphatic hydroxyl groups is 5. The van der Waals surface area contributed by atoms with Crippen molar-refractivity contribution >= 4 is 40.7 Å². The van der Waals surface area contributed by atoms with Gasteiger partial charge in [-0.1, -0.05) is 0 Å². The molecule has 2 amide bonds. The van der Waals surface area contributed by atoms with Crippen LogP contribution in [0.4, 0.5) is 0 Å². The first-order chi connectivity index (χ1) is 14.1. The molecular formula is C19H27NO12. The first-order valence-electron chi connectivity index (χ1n) is 9.05. The highest BCUT2D eigenvalue weighted by molar-refractivity contribution is 6.20. The van der Waals surface area contributed by atoms with Crippen LogP contribution >= 0.6 is 0 Å². The number of carbonyl (C=O) groups excluding carboxylic acids is 7. The molecule has 5 N–H and O–H groups in total. The van der Waals surface area contributed by atoms with Gasteiger partial charge < -0.3 is 25.5 Å². The van der Waals surface area contributed by atoms with Gasteiger partial charge in [-0.2, -0.15) is 0 Å². The molecule has 0 rings (SSSR count). The molecule has 0 aromatic carbocycles. The molecule has 0 spiro atoms. The lowest BCUT2D eigenvalue weighted by molar-refractivity contribution is -0.273. The summed E-state index contributed by atoms with van der Waals surface area (Å²) in [5.74, 6) is -11.9. The van der Waals surface area contributed by atoms with Gasteiger partial charge in [0.2, 0.25) is 22.7 Å². The topological polar surface area (TPSA) is 224 Å². The van der Waals surface area contributed by atoms with Gasteiger partial charge >= 0.3 is 0 Å². The van der Waals surface area contributed by atoms with E-state index in [4.69, 9.17) is 0 Å². The lowest BCUT2D eigenvalue weighted by atomic mass is 9.56. The molecule has 0 bridgehead atoms. The van der Waals surface area contributed by atoms with E-state index in [1.807, 2.05) is 0 Å². The van der Waals surface area contributed by atoms with Crippen molar-refractivity contribution in [2.75, 3.05) is 7.05 Å². The minimum atomic E-state index is -4.38. The summed E-state index contributed by atoms with van der Waals surface area (Å²) in [6.07, 6.45) is -2.98. The van der Waals surface area contributed by atoms with E-state index in [-0.39, 0.29) is 4.90 Å². The molecule has 0 radical (unpaired) electrons. The Balaban J connectivity index is 7.96. The molecule has 0 aromatic heterocycles. The molecule has 13 heteroatoms. The second-order valence-corrected chi connectivity index (χ2v) is 7.52. The number of ketones is 5. The second kappa shape index (κ2) is 9.03. The van der Waals surface area contributed by atoms with Crippen LogP contribution in [-0.2, 0) is 33.6 Å². The Kier molecular flexibility index (Phi) is 8.27. The van der Waals surface area contributed by atoms with Crippen molar-refractivity contribution in [3.63, 3.8) is 0 Å². The maximum absolute atomic E-state index is 12.9. The molecule has 0 aliphatic rings. The Labute approximate surface area is 182 Å². The van der Waals surface area contributed by atoms with Gasteiger partial charge in [0.05, 0.1) is 0 Å². The van der Waals surface area contributed by atoms with Gasteiger partial charge in [-0.15, -0.1) is 0 Å². The molecule has 0 aliphatic carbocycles. The van der Waals surface area contributed by atoms with E-state index < -0.39 is 69.2 Å². The third-order valence-electron chi connectivity index (χ3n) is 5.53. The smallest absolute Gasteiger partial charge is 0.272 e. The van der Waals surface area contributed by atoms with Gasteiger partial charge in [-0.05, 0) is 34.6 Å². The zero-order chi connectivity index (χ0) is 26.2. The number of rotatable bonds is 10. The maximum Gasteiger partial charge on any atom is 0.272 e. The lowest BCUT2D eigenvalue weighted by Gasteiger charge is -2.53. The van der Waals surface area contributed by atoms with Crippen molar-refractivity contribution in [1.29, 1.82) is 0 Å². The van der Waals surface area contributed by atoms with Crippen LogP contribution in [0.2, 0.25) is 0 Å². The molecular weight excluding hydrogens is 434 g/mol. The van der Waals surface area contributed by atoms with Crippen molar-refractivity contribution in [1.82, 2.24) is 4.90 Å². The van der Waals surface area contributed by atoms with Crippen LogP contribution in [0, 0.1) is 0 Å². The standard InChI is InChI=1S/C19H27NO12/c1-8(21)14(27)16(29,9(2)22)18(31,11(4)24)19(32,12(5)25)17(30,10(3)23)15(28)20(7)13(6)26/h14,27,29-32H,1-7H3/t14?,16-,17+,18-,19-/m1/s1. The van der Waals surface area contributed by atoms with Crippen molar-refractivity contribution in [2.24, 2.45) is 0 Å². The van der Waals surface area contributed by atoms with Crippen molar-refractivity contribution in [2.45, 2.75) is 70.1 Å². The predicted octanol–water partition coefficient (Wildman–Crippen LogP) is -3.78. The van der Waals surface area contributed by atoms with Crippen LogP contribution in [0.25, 0.3) is 0 Å². The second-order valence-electron chi connectivity index (χ2n) is 7.52. The summed E-state index contributed by atoms with van der Waals surface area (Å²) >= 11 is 0. The molecule has 0 fully saturated rings. The van der Waals surface area contributed by atoms with Gasteiger partial charge in [-0.3, -0.25) is 38.5 Å². The zero-order valence-corrected chi connectivity index (χ0v) is 18.6. The average Bonchev–Trinajstić information content (AvgIpc) is 2.68. The van der Waals surface area contributed by atoms with E-state index in [9.17, 15) is 59.1 Å². The maximum atomic E-state index is 12.9. The number of imide groups is 1. The van der Waals surface area contributed by atoms with Crippen molar-refractivity contribution in [3.8, 4) is 0 Å². The lowest BCUT2D eigenvalue weighted by Crippen LogP contribution is -2.87. The van der Waals surface area contributed by atoms with E-state index in [0.29, 0.717) is 41.7 Å². The minimum Gasteiger partial charge on any atom is -0.382 e. The molecule has 0 aromatic rings. The van der Waals surface area contributed by atoms with E-state index in [1.165, 1.54) is 0 Å². The Morgan fingerprint density at radius 3 is 1.25 bits per heavy atom. The third-order valence-corrected chi connectivity index (χ3v) is 5.53. The highest BCUT2D eigenvalue weighted by atomic mass is 16.4. The average molecular weight is 461 g/mol. The fourth-order valence-electron chi connectivity index (χ4n) is 3.46. The Morgan fingerprint density at radius 2 is 1.03 bits per heavy atom. The summed E-state index contributed by atoms with van der Waals surface area (Å²) in [6, 6.07) is 0. The molecule has 0 aliphatic heterocycles. The van der Waals surface area contributed by atoms with Crippen LogP contribution in [0.3, 0.4) is 0 Å². The Morgan fingerprint density at radius 1 is 0.656 bits per heavy atom. The van der Waals surface area contributed by atoms with Crippen LogP contribution in [-0.4, -0.2) is 107 Å². The number of nitrogens with zero attached hydrogens (tertiary/aromatic N) is 1. The molecule has 32 heavy (non-hydrogen) atoms. The number of hydrogen-bond acceptors (Lipinski definition) is 12. The number of hydrogen-bond donors (Lipinski definition) is 5. The third kappa shape index (κ3) is 3.61. The van der Waals surface area contributed by atoms with E-state index in [1.54, 1.807) is 0 Å². The fourth-order valence-corrected chi connectivity index (χ4v) is 3.46. The molecule has 0 saturated heterocycles. The van der Waals surface area contributed by atoms with Crippen LogP contribution in [0.1, 0.15) is 41.5 Å². The monoisotopic (exact) mass is 461 g/mol. The number of likely N-dealkylation sites (N-methyl/N-ethyl adjacent to an activating group) is 1. The summed E-state index contributed by atoms with van der Waals surface area (Å²) in [7, 11) is 0.716. The van der Waals surface area contributed by atoms with Gasteiger partial charge in [0.15, 0.2) is 40.6 Å². The summed E-state index contributed by atoms with van der Waals surface area (Å²) in [4.78, 5) is 86.3. The van der Waals surface area contributed by atoms with Crippen LogP contribution < -0.4 is 0 Å². The first-order valence-corrected chi connectivity index (χ1v) is 9.05. The van der Waals surface area contributed by atoms with Gasteiger partial charge in [-0.25, -0.2) is 0 Å². The molecule has 5 atom stereocenters. The summed E-state index contributed by atoms with van der Waals surface area (Å²) in [6.45, 7) is 3.05. The summed E-state index contributed by atoms with van der Waals surface area (Å²) in [5.41, 5.74) is -16.9. The number of Topliss-reactive ketones (excluding diaryl/α,β-unsaturated/α-hetero) is 5. The van der Waals surface area contributed by atoms with Crippen LogP contribution in [0.15, 0.2) is 0 Å². The quantitative estimate of drug-likeness (QED) is 0.198. The Hall–Kier alpha value is -2.71. The van der Waals surface area contributed by atoms with Gasteiger partial charge in [0.1, 0.15) is 0 Å². The van der Waals surface area contributed by atoms with Gasteiger partial charge in [0.25, 0.3) is 5.91 Å². The molecule has 1 unspecified atom stereocenters. The number of amides is 2. The summed E-state index contributed by atoms with van der Waals surface area (Å²) < 4.78 is 0. The van der Waals surface area contributed by atoms with Gasteiger partial charge in [0, 0.05) is 14.0 Å². The normalized spacial score (nSPS) is 19.8. The molecule has 0 heterocycles. The highest BCUT2D eigenvalue weighted by Crippen LogP contribution is 2.45. The van der Waals surface area contributed by atoms with Crippen molar-refractivity contribution < 1.29 is 59.1 Å². The number of aliphatic hydroxyl groups excluding tert-OH is 1. The minimum absolute atomic E-state index is 0.0596. The van der Waals surface area contributed by atoms with Crippen LogP contribution in [0.5, 0.6) is 0 Å². The molecule has 180 valence electrons. The zero-order valence-electron chi connectivity index (χ0n) is 18.6. The molecule has 13 nitrogen and oxygen atoms in total. The van der Waals surface area contributed by atoms with E-state index >= 15 is 0 Å². The summed E-state index contributed by atoms with van der Waals surface area (Å²) in [5, 5.41) is 54.8. The van der Waals surface area contributed by atoms with Crippen molar-refractivity contribution in [3.05, 3.63) is 0 Å². The SMILES string of the molecule is CC(=O)C(O)[C@](O)(C(C)=O)[C@](O)(C(C)=O)[C@@](O)(C(C)=O)[C@](O)(C(C)=O)C(=O)N(C)C(C)=O. The predicted molar refractivity (Wildman–Crippen MR) is 103 cm³/mol. The van der Waals surface area contributed by atoms with E-state index in [2.05, 4.69) is 0 Å². The fraction of sp³-hybridized carbons (Fsp3) is 0.632.